The number of carbonyl (C=O) groups excluding carboxylic acids is 1. The van der Waals surface area contributed by atoms with E-state index in [2.05, 4.69) is 17.3 Å². The van der Waals surface area contributed by atoms with Crippen LogP contribution in [0.2, 0.25) is 0 Å². The molecule has 158 valence electrons. The van der Waals surface area contributed by atoms with Crippen molar-refractivity contribution in [1.82, 2.24) is 15.1 Å². The van der Waals surface area contributed by atoms with E-state index >= 15 is 0 Å². The SMILES string of the molecule is Cc1cccc(-n2nc(-c3ccco3)cc2C(=O)NCCC[NH+]2CCCC[C@H]2C)c1. The molecule has 0 aliphatic carbocycles. The Bertz CT molecular complexity index is 977. The average molecular weight is 408 g/mol. The Kier molecular flexibility index (Phi) is 6.33. The highest BCUT2D eigenvalue weighted by molar-refractivity contribution is 5.94. The van der Waals surface area contributed by atoms with Gasteiger partial charge >= 0.3 is 0 Å². The van der Waals surface area contributed by atoms with Gasteiger partial charge in [-0.05, 0) is 62.9 Å². The van der Waals surface area contributed by atoms with Crippen LogP contribution in [0.15, 0.2) is 53.1 Å². The molecule has 3 heterocycles. The van der Waals surface area contributed by atoms with E-state index in [9.17, 15) is 4.79 Å². The number of benzene rings is 1. The first kappa shape index (κ1) is 20.4. The maximum Gasteiger partial charge on any atom is 0.270 e. The Morgan fingerprint density at radius 1 is 1.27 bits per heavy atom. The van der Waals surface area contributed by atoms with Crippen LogP contribution in [0.5, 0.6) is 0 Å². The number of likely N-dealkylation sites (tertiary alicyclic amines) is 1. The van der Waals surface area contributed by atoms with E-state index in [1.54, 1.807) is 21.9 Å². The van der Waals surface area contributed by atoms with Crippen LogP contribution in [0.3, 0.4) is 0 Å². The summed E-state index contributed by atoms with van der Waals surface area (Å²) in [6.45, 7) is 7.40. The zero-order valence-corrected chi connectivity index (χ0v) is 17.9. The van der Waals surface area contributed by atoms with E-state index in [1.165, 1.54) is 25.8 Å². The number of quaternary nitrogens is 1. The third kappa shape index (κ3) is 4.65. The first-order chi connectivity index (χ1) is 14.6. The summed E-state index contributed by atoms with van der Waals surface area (Å²) >= 11 is 0. The number of piperidine rings is 1. The van der Waals surface area contributed by atoms with E-state index < -0.39 is 0 Å². The molecule has 30 heavy (non-hydrogen) atoms. The van der Waals surface area contributed by atoms with E-state index in [4.69, 9.17) is 4.42 Å². The second kappa shape index (κ2) is 9.30. The Labute approximate surface area is 177 Å². The molecule has 2 aromatic heterocycles. The normalized spacial score (nSPS) is 19.0. The van der Waals surface area contributed by atoms with Gasteiger partial charge in [0.2, 0.25) is 0 Å². The first-order valence-electron chi connectivity index (χ1n) is 11.0. The summed E-state index contributed by atoms with van der Waals surface area (Å²) in [6, 6.07) is 14.2. The number of aromatic nitrogens is 2. The molecule has 0 bridgehead atoms. The summed E-state index contributed by atoms with van der Waals surface area (Å²) in [5.41, 5.74) is 3.15. The lowest BCUT2D eigenvalue weighted by atomic mass is 10.0. The highest BCUT2D eigenvalue weighted by Crippen LogP contribution is 2.22. The topological polar surface area (TPSA) is 64.5 Å². The molecular formula is C24H31N4O2+. The van der Waals surface area contributed by atoms with Crippen LogP contribution in [0.25, 0.3) is 17.1 Å². The average Bonchev–Trinajstić information content (AvgIpc) is 3.42. The quantitative estimate of drug-likeness (QED) is 0.592. The number of carbonyl (C=O) groups is 1. The van der Waals surface area contributed by atoms with Crippen molar-refractivity contribution < 1.29 is 14.1 Å². The number of nitrogens with one attached hydrogen (secondary N) is 2. The maximum atomic E-state index is 13.0. The number of furan rings is 1. The van der Waals surface area contributed by atoms with Gasteiger partial charge in [-0.3, -0.25) is 4.79 Å². The minimum atomic E-state index is -0.108. The second-order valence-corrected chi connectivity index (χ2v) is 8.31. The highest BCUT2D eigenvalue weighted by atomic mass is 16.3. The molecule has 1 unspecified atom stereocenters. The van der Waals surface area contributed by atoms with E-state index in [-0.39, 0.29) is 5.91 Å². The molecule has 1 amide bonds. The van der Waals surface area contributed by atoms with Crippen molar-refractivity contribution in [2.45, 2.75) is 45.6 Å². The fourth-order valence-corrected chi connectivity index (χ4v) is 4.28. The molecule has 0 radical (unpaired) electrons. The Balaban J connectivity index is 1.47. The van der Waals surface area contributed by atoms with Crippen molar-refractivity contribution in [3.8, 4) is 17.1 Å². The highest BCUT2D eigenvalue weighted by Gasteiger charge is 2.22. The van der Waals surface area contributed by atoms with E-state index in [0.29, 0.717) is 23.7 Å². The summed E-state index contributed by atoms with van der Waals surface area (Å²) in [7, 11) is 0. The molecule has 6 nitrogen and oxygen atoms in total. The van der Waals surface area contributed by atoms with Gasteiger partial charge in [-0.1, -0.05) is 12.1 Å². The number of amides is 1. The number of aryl methyl sites for hydroxylation is 1. The second-order valence-electron chi connectivity index (χ2n) is 8.31. The van der Waals surface area contributed by atoms with Crippen molar-refractivity contribution in [2.75, 3.05) is 19.6 Å². The Hall–Kier alpha value is -2.86. The van der Waals surface area contributed by atoms with Crippen molar-refractivity contribution in [3.63, 3.8) is 0 Å². The smallest absolute Gasteiger partial charge is 0.270 e. The molecule has 2 N–H and O–H groups in total. The summed E-state index contributed by atoms with van der Waals surface area (Å²) in [5.74, 6) is 0.543. The molecule has 6 heteroatoms. The fourth-order valence-electron chi connectivity index (χ4n) is 4.28. The molecule has 0 saturated carbocycles. The van der Waals surface area contributed by atoms with Crippen LogP contribution in [-0.2, 0) is 0 Å². The zero-order valence-electron chi connectivity index (χ0n) is 17.9. The molecule has 1 fully saturated rings. The van der Waals surface area contributed by atoms with Crippen LogP contribution in [0.1, 0.15) is 48.7 Å². The Morgan fingerprint density at radius 2 is 2.17 bits per heavy atom. The third-order valence-corrected chi connectivity index (χ3v) is 6.00. The van der Waals surface area contributed by atoms with Crippen LogP contribution >= 0.6 is 0 Å². The fraction of sp³-hybridized carbons (Fsp3) is 0.417. The number of rotatable bonds is 7. The van der Waals surface area contributed by atoms with Gasteiger partial charge in [-0.2, -0.15) is 5.10 Å². The number of nitrogens with zero attached hydrogens (tertiary/aromatic N) is 2. The summed E-state index contributed by atoms with van der Waals surface area (Å²) in [4.78, 5) is 14.7. The van der Waals surface area contributed by atoms with Crippen molar-refractivity contribution in [2.24, 2.45) is 0 Å². The van der Waals surface area contributed by atoms with Gasteiger partial charge in [0.1, 0.15) is 11.4 Å². The number of hydrogen-bond acceptors (Lipinski definition) is 3. The molecule has 2 atom stereocenters. The standard InChI is InChI=1S/C24H30N4O2/c1-18-8-5-10-20(16-18)28-22(17-21(26-28)23-11-6-15-30-23)24(29)25-12-7-14-27-13-4-3-9-19(27)2/h5-6,8,10-11,15-17,19H,3-4,7,9,12-14H2,1-2H3,(H,25,29)/p+1/t19-/m1/s1. The molecule has 1 aliphatic rings. The van der Waals surface area contributed by atoms with Gasteiger partial charge in [-0.25, -0.2) is 4.68 Å². The molecule has 1 aliphatic heterocycles. The van der Waals surface area contributed by atoms with Crippen LogP contribution < -0.4 is 10.2 Å². The lowest BCUT2D eigenvalue weighted by molar-refractivity contribution is -0.928. The summed E-state index contributed by atoms with van der Waals surface area (Å²) in [5, 5.41) is 7.75. The predicted octanol–water partition coefficient (Wildman–Crippen LogP) is 3.02. The molecule has 3 aromatic rings. The van der Waals surface area contributed by atoms with Gasteiger partial charge in [0.05, 0.1) is 31.1 Å². The molecule has 0 spiro atoms. The minimum Gasteiger partial charge on any atom is -0.463 e. The van der Waals surface area contributed by atoms with Gasteiger partial charge < -0.3 is 14.6 Å². The monoisotopic (exact) mass is 407 g/mol. The van der Waals surface area contributed by atoms with Crippen molar-refractivity contribution in [1.29, 1.82) is 0 Å². The van der Waals surface area contributed by atoms with Crippen LogP contribution in [0, 0.1) is 6.92 Å². The lowest BCUT2D eigenvalue weighted by Crippen LogP contribution is -3.16. The van der Waals surface area contributed by atoms with Crippen molar-refractivity contribution in [3.05, 3.63) is 60.0 Å². The van der Waals surface area contributed by atoms with Gasteiger partial charge in [0, 0.05) is 19.0 Å². The van der Waals surface area contributed by atoms with Crippen LogP contribution in [-0.4, -0.2) is 41.4 Å². The molecule has 1 saturated heterocycles. The molecule has 4 rings (SSSR count). The van der Waals surface area contributed by atoms with Crippen molar-refractivity contribution >= 4 is 5.91 Å². The van der Waals surface area contributed by atoms with E-state index in [1.807, 2.05) is 43.3 Å². The summed E-state index contributed by atoms with van der Waals surface area (Å²) < 4.78 is 7.20. The van der Waals surface area contributed by atoms with Crippen LogP contribution in [0.4, 0.5) is 0 Å². The zero-order chi connectivity index (χ0) is 20.9. The molecular weight excluding hydrogens is 376 g/mol. The Morgan fingerprint density at radius 3 is 2.93 bits per heavy atom. The first-order valence-corrected chi connectivity index (χ1v) is 11.0. The van der Waals surface area contributed by atoms with E-state index in [0.717, 1.165) is 30.3 Å². The van der Waals surface area contributed by atoms with Gasteiger partial charge in [0.25, 0.3) is 5.91 Å². The summed E-state index contributed by atoms with van der Waals surface area (Å²) in [6.07, 6.45) is 6.58. The number of hydrogen-bond donors (Lipinski definition) is 2. The third-order valence-electron chi connectivity index (χ3n) is 6.00. The predicted molar refractivity (Wildman–Crippen MR) is 117 cm³/mol. The molecule has 1 aromatic carbocycles. The minimum absolute atomic E-state index is 0.108. The maximum absolute atomic E-state index is 13.0. The lowest BCUT2D eigenvalue weighted by Gasteiger charge is -2.30. The largest absolute Gasteiger partial charge is 0.463 e. The van der Waals surface area contributed by atoms with Gasteiger partial charge in [0.15, 0.2) is 5.76 Å². The van der Waals surface area contributed by atoms with Gasteiger partial charge in [-0.15, -0.1) is 0 Å².